The first kappa shape index (κ1) is 21.6. The van der Waals surface area contributed by atoms with E-state index in [2.05, 4.69) is 14.2 Å². The number of ether oxygens (including phenoxy) is 3. The summed E-state index contributed by atoms with van der Waals surface area (Å²) in [4.78, 5) is 35.3. The molecule has 1 aromatic rings. The quantitative estimate of drug-likeness (QED) is 0.358. The van der Waals surface area contributed by atoms with Gasteiger partial charge in [0, 0.05) is 0 Å². The molecule has 144 valence electrons. The molecule has 0 N–H and O–H groups in total. The third-order valence-electron chi connectivity index (χ3n) is 3.46. The highest BCUT2D eigenvalue weighted by Crippen LogP contribution is 2.23. The van der Waals surface area contributed by atoms with E-state index in [9.17, 15) is 22.8 Å². The van der Waals surface area contributed by atoms with Gasteiger partial charge in [0.25, 0.3) is 10.1 Å². The van der Waals surface area contributed by atoms with Crippen molar-refractivity contribution < 1.29 is 41.2 Å². The van der Waals surface area contributed by atoms with Crippen LogP contribution in [0.25, 0.3) is 0 Å². The standard InChI is InChI=1S/C16H20O9S/c1-10-5-7-11(8-6-10)26(20,21)25-14(16(19)24-4)12(15(18)23-3)9-13(17)22-2/h5-8,12,14H,9H2,1-4H3. The molecule has 0 amide bonds. The summed E-state index contributed by atoms with van der Waals surface area (Å²) in [6.07, 6.45) is -2.55. The molecule has 0 aliphatic carbocycles. The van der Waals surface area contributed by atoms with Crippen LogP contribution in [-0.2, 0) is 42.9 Å². The highest BCUT2D eigenvalue weighted by molar-refractivity contribution is 7.86. The molecule has 0 saturated heterocycles. The Morgan fingerprint density at radius 3 is 1.92 bits per heavy atom. The van der Waals surface area contributed by atoms with Gasteiger partial charge in [-0.25, -0.2) is 4.79 Å². The molecule has 0 fully saturated rings. The summed E-state index contributed by atoms with van der Waals surface area (Å²) >= 11 is 0. The lowest BCUT2D eigenvalue weighted by atomic mass is 9.99. The molecule has 0 spiro atoms. The summed E-state index contributed by atoms with van der Waals surface area (Å²) in [5.74, 6) is -4.60. The predicted octanol–water partition coefficient (Wildman–Crippen LogP) is 0.594. The maximum absolute atomic E-state index is 12.4. The minimum Gasteiger partial charge on any atom is -0.469 e. The molecular weight excluding hydrogens is 368 g/mol. The molecule has 1 aromatic carbocycles. The summed E-state index contributed by atoms with van der Waals surface area (Å²) in [6.45, 7) is 1.76. The molecular formula is C16H20O9S. The molecule has 2 atom stereocenters. The number of aryl methyl sites for hydroxylation is 1. The maximum Gasteiger partial charge on any atom is 0.337 e. The smallest absolute Gasteiger partial charge is 0.337 e. The minimum absolute atomic E-state index is 0.223. The third kappa shape index (κ3) is 5.53. The van der Waals surface area contributed by atoms with E-state index in [0.717, 1.165) is 26.9 Å². The van der Waals surface area contributed by atoms with Crippen LogP contribution in [0.2, 0.25) is 0 Å². The van der Waals surface area contributed by atoms with E-state index < -0.39 is 46.5 Å². The van der Waals surface area contributed by atoms with Crippen LogP contribution in [-0.4, -0.2) is 53.8 Å². The summed E-state index contributed by atoms with van der Waals surface area (Å²) in [7, 11) is -1.33. The Morgan fingerprint density at radius 1 is 0.923 bits per heavy atom. The molecule has 0 heterocycles. The van der Waals surface area contributed by atoms with Crippen molar-refractivity contribution >= 4 is 28.0 Å². The molecule has 0 radical (unpaired) electrons. The lowest BCUT2D eigenvalue weighted by Gasteiger charge is -2.22. The van der Waals surface area contributed by atoms with E-state index in [0.29, 0.717) is 0 Å². The van der Waals surface area contributed by atoms with Gasteiger partial charge in [-0.2, -0.15) is 8.42 Å². The number of benzene rings is 1. The van der Waals surface area contributed by atoms with Crippen molar-refractivity contribution in [3.63, 3.8) is 0 Å². The van der Waals surface area contributed by atoms with Crippen molar-refractivity contribution in [1.82, 2.24) is 0 Å². The van der Waals surface area contributed by atoms with E-state index in [1.807, 2.05) is 0 Å². The molecule has 0 aliphatic heterocycles. The van der Waals surface area contributed by atoms with Crippen LogP contribution in [0.5, 0.6) is 0 Å². The minimum atomic E-state index is -4.42. The monoisotopic (exact) mass is 388 g/mol. The average Bonchev–Trinajstić information content (AvgIpc) is 2.63. The van der Waals surface area contributed by atoms with Crippen molar-refractivity contribution in [2.75, 3.05) is 21.3 Å². The summed E-state index contributed by atoms with van der Waals surface area (Å²) in [6, 6.07) is 5.64. The zero-order chi connectivity index (χ0) is 19.9. The normalized spacial score (nSPS) is 13.4. The van der Waals surface area contributed by atoms with Crippen molar-refractivity contribution in [3.05, 3.63) is 29.8 Å². The number of carbonyl (C=O) groups excluding carboxylic acids is 3. The van der Waals surface area contributed by atoms with E-state index in [1.54, 1.807) is 6.92 Å². The molecule has 10 heteroatoms. The largest absolute Gasteiger partial charge is 0.469 e. The second-order valence-electron chi connectivity index (χ2n) is 5.22. The van der Waals surface area contributed by atoms with Crippen molar-refractivity contribution in [2.24, 2.45) is 5.92 Å². The van der Waals surface area contributed by atoms with Crippen LogP contribution in [0.1, 0.15) is 12.0 Å². The van der Waals surface area contributed by atoms with Gasteiger partial charge in [-0.1, -0.05) is 17.7 Å². The van der Waals surface area contributed by atoms with Crippen molar-refractivity contribution in [1.29, 1.82) is 0 Å². The fourth-order valence-electron chi connectivity index (χ4n) is 2.01. The zero-order valence-corrected chi connectivity index (χ0v) is 15.6. The lowest BCUT2D eigenvalue weighted by molar-refractivity contribution is -0.164. The van der Waals surface area contributed by atoms with Crippen molar-refractivity contribution in [3.8, 4) is 0 Å². The van der Waals surface area contributed by atoms with Gasteiger partial charge in [-0.05, 0) is 19.1 Å². The Labute approximate surface area is 151 Å². The first-order valence-electron chi connectivity index (χ1n) is 7.38. The number of esters is 3. The van der Waals surface area contributed by atoms with Crippen LogP contribution >= 0.6 is 0 Å². The van der Waals surface area contributed by atoms with E-state index in [-0.39, 0.29) is 4.90 Å². The average molecular weight is 388 g/mol. The Balaban J connectivity index is 3.25. The van der Waals surface area contributed by atoms with Gasteiger partial charge < -0.3 is 14.2 Å². The van der Waals surface area contributed by atoms with Crippen molar-refractivity contribution in [2.45, 2.75) is 24.3 Å². The van der Waals surface area contributed by atoms with Gasteiger partial charge in [-0.15, -0.1) is 0 Å². The summed E-state index contributed by atoms with van der Waals surface area (Å²) in [5.41, 5.74) is 0.812. The molecule has 26 heavy (non-hydrogen) atoms. The molecule has 0 saturated carbocycles. The topological polar surface area (TPSA) is 122 Å². The fourth-order valence-corrected chi connectivity index (χ4v) is 3.08. The number of carbonyl (C=O) groups is 3. The number of rotatable bonds is 8. The van der Waals surface area contributed by atoms with Gasteiger partial charge in [0.15, 0.2) is 6.10 Å². The van der Waals surface area contributed by atoms with E-state index >= 15 is 0 Å². The first-order chi connectivity index (χ1) is 12.2. The van der Waals surface area contributed by atoms with Gasteiger partial charge in [0.1, 0.15) is 5.92 Å². The predicted molar refractivity (Wildman–Crippen MR) is 87.4 cm³/mol. The fraction of sp³-hybridized carbons (Fsp3) is 0.438. The highest BCUT2D eigenvalue weighted by Gasteiger charge is 2.42. The molecule has 2 unspecified atom stereocenters. The first-order valence-corrected chi connectivity index (χ1v) is 8.79. The molecule has 0 aromatic heterocycles. The van der Waals surface area contributed by atoms with Gasteiger partial charge in [-0.3, -0.25) is 13.8 Å². The van der Waals surface area contributed by atoms with Crippen LogP contribution in [0.3, 0.4) is 0 Å². The third-order valence-corrected chi connectivity index (χ3v) is 4.77. The lowest BCUT2D eigenvalue weighted by Crippen LogP contribution is -2.41. The second-order valence-corrected chi connectivity index (χ2v) is 6.79. The zero-order valence-electron chi connectivity index (χ0n) is 14.8. The van der Waals surface area contributed by atoms with E-state index in [4.69, 9.17) is 4.18 Å². The Morgan fingerprint density at radius 2 is 1.46 bits per heavy atom. The Hall–Kier alpha value is -2.46. The molecule has 0 aliphatic rings. The number of hydrogen-bond donors (Lipinski definition) is 0. The second kappa shape index (κ2) is 9.30. The molecule has 9 nitrogen and oxygen atoms in total. The van der Waals surface area contributed by atoms with Gasteiger partial charge in [0.05, 0.1) is 32.6 Å². The number of methoxy groups -OCH3 is 3. The van der Waals surface area contributed by atoms with Crippen LogP contribution in [0.15, 0.2) is 29.2 Å². The van der Waals surface area contributed by atoms with Crippen LogP contribution in [0.4, 0.5) is 0 Å². The van der Waals surface area contributed by atoms with Crippen LogP contribution in [0, 0.1) is 12.8 Å². The maximum atomic E-state index is 12.4. The van der Waals surface area contributed by atoms with Gasteiger partial charge >= 0.3 is 17.9 Å². The summed E-state index contributed by atoms with van der Waals surface area (Å²) < 4.78 is 43.3. The molecule has 1 rings (SSSR count). The Kier molecular flexibility index (Phi) is 7.72. The molecule has 0 bridgehead atoms. The van der Waals surface area contributed by atoms with Gasteiger partial charge in [0.2, 0.25) is 0 Å². The van der Waals surface area contributed by atoms with E-state index in [1.165, 1.54) is 24.3 Å². The number of hydrogen-bond acceptors (Lipinski definition) is 9. The Bertz CT molecular complexity index is 752. The summed E-state index contributed by atoms with van der Waals surface area (Å²) in [5, 5.41) is 0. The highest BCUT2D eigenvalue weighted by atomic mass is 32.2. The van der Waals surface area contributed by atoms with Crippen LogP contribution < -0.4 is 0 Å². The SMILES string of the molecule is COC(=O)CC(C(=O)OC)C(OS(=O)(=O)c1ccc(C)cc1)C(=O)OC.